The predicted molar refractivity (Wildman–Crippen MR) is 78.1 cm³/mol. The summed E-state index contributed by atoms with van der Waals surface area (Å²) in [6.45, 7) is 0.0646. The van der Waals surface area contributed by atoms with Gasteiger partial charge in [0.2, 0.25) is 0 Å². The zero-order chi connectivity index (χ0) is 16.4. The van der Waals surface area contributed by atoms with E-state index in [1.165, 1.54) is 17.2 Å². The maximum atomic E-state index is 11.1. The number of likely N-dealkylation sites (tertiary alicyclic amines) is 1. The van der Waals surface area contributed by atoms with Crippen LogP contribution in [0, 0.1) is 0 Å². The summed E-state index contributed by atoms with van der Waals surface area (Å²) in [5.41, 5.74) is 3.70. The van der Waals surface area contributed by atoms with Gasteiger partial charge in [0.15, 0.2) is 23.3 Å². The van der Waals surface area contributed by atoms with E-state index in [1.807, 2.05) is 4.90 Å². The van der Waals surface area contributed by atoms with E-state index >= 15 is 0 Å². The molecule has 0 aromatic carbocycles. The average molecular weight is 322 g/mol. The smallest absolute Gasteiger partial charge is 0.170 e. The summed E-state index contributed by atoms with van der Waals surface area (Å²) in [6, 6.07) is 0. The van der Waals surface area contributed by atoms with Gasteiger partial charge < -0.3 is 30.7 Å². The number of nitrogen functional groups attached to an aromatic ring is 1. The third kappa shape index (κ3) is 1.78. The zero-order valence-corrected chi connectivity index (χ0v) is 12.5. The van der Waals surface area contributed by atoms with Crippen molar-refractivity contribution >= 4 is 17.0 Å². The first-order valence-corrected chi connectivity index (χ1v) is 7.22. The summed E-state index contributed by atoms with van der Waals surface area (Å²) in [7, 11) is 1.79. The van der Waals surface area contributed by atoms with Crippen molar-refractivity contribution in [1.82, 2.24) is 24.4 Å². The zero-order valence-electron chi connectivity index (χ0n) is 12.5. The number of ether oxygens (including phenoxy) is 1. The Hall–Kier alpha value is -1.85. The Morgan fingerprint density at radius 3 is 2.91 bits per heavy atom. The number of nitrogens with two attached hydrogens (primary N) is 1. The topological polar surface area (TPSA) is 143 Å². The Labute approximate surface area is 131 Å². The molecule has 2 saturated heterocycles. The molecular formula is C13H18N6O4. The van der Waals surface area contributed by atoms with Gasteiger partial charge >= 0.3 is 0 Å². The van der Waals surface area contributed by atoms with E-state index in [2.05, 4.69) is 15.0 Å². The standard InChI is InChI=1S/C13H18N6O4/c1-18-2-12(4-20)10(21)13(22,3-18)11(23-12)19-6-17-7-8(14)15-5-16-9(7)19/h5-6,10-11,20-22H,2-4H2,1H3,(H2,14,15,16)/t10?,11-,12-,13+/m1/s1. The van der Waals surface area contributed by atoms with Crippen molar-refractivity contribution in [3.8, 4) is 0 Å². The third-order valence-corrected chi connectivity index (χ3v) is 4.71. The first-order valence-electron chi connectivity index (χ1n) is 7.22. The van der Waals surface area contributed by atoms with Gasteiger partial charge in [-0.1, -0.05) is 0 Å². The molecule has 124 valence electrons. The van der Waals surface area contributed by atoms with Gasteiger partial charge in [-0.3, -0.25) is 4.57 Å². The number of nitrogens with zero attached hydrogens (tertiary/aromatic N) is 5. The van der Waals surface area contributed by atoms with Gasteiger partial charge in [-0.25, -0.2) is 15.0 Å². The molecule has 10 heteroatoms. The van der Waals surface area contributed by atoms with Crippen molar-refractivity contribution in [2.24, 2.45) is 0 Å². The van der Waals surface area contributed by atoms with Crippen LogP contribution in [-0.2, 0) is 4.74 Å². The van der Waals surface area contributed by atoms with Crippen LogP contribution < -0.4 is 5.73 Å². The van der Waals surface area contributed by atoms with Gasteiger partial charge in [-0.15, -0.1) is 0 Å². The number of fused-ring (bicyclic) bond motifs is 3. The molecule has 10 nitrogen and oxygen atoms in total. The van der Waals surface area contributed by atoms with Crippen LogP contribution in [0.15, 0.2) is 12.7 Å². The molecule has 4 atom stereocenters. The van der Waals surface area contributed by atoms with E-state index in [0.29, 0.717) is 17.7 Å². The van der Waals surface area contributed by atoms with Crippen molar-refractivity contribution < 1.29 is 20.1 Å². The molecule has 2 aliphatic heterocycles. The lowest BCUT2D eigenvalue weighted by molar-refractivity contribution is -0.148. The molecule has 4 heterocycles. The highest BCUT2D eigenvalue weighted by molar-refractivity contribution is 5.81. The molecule has 2 fully saturated rings. The molecule has 0 aliphatic carbocycles. The molecule has 2 bridgehead atoms. The second-order valence-electron chi connectivity index (χ2n) is 6.34. The molecule has 4 rings (SSSR count). The van der Waals surface area contributed by atoms with Crippen LogP contribution in [0.5, 0.6) is 0 Å². The summed E-state index contributed by atoms with van der Waals surface area (Å²) in [4.78, 5) is 14.0. The van der Waals surface area contributed by atoms with Crippen LogP contribution in [0.2, 0.25) is 0 Å². The van der Waals surface area contributed by atoms with Gasteiger partial charge in [0.05, 0.1) is 12.9 Å². The minimum Gasteiger partial charge on any atom is -0.393 e. The van der Waals surface area contributed by atoms with Crippen molar-refractivity contribution in [3.63, 3.8) is 0 Å². The normalized spacial score (nSPS) is 37.6. The number of imidazole rings is 1. The Bertz CT molecular complexity index is 768. The van der Waals surface area contributed by atoms with Gasteiger partial charge in [0.25, 0.3) is 0 Å². The SMILES string of the molecule is CN1C[C@]2(CO)O[C@@H](n3cnc4c(N)ncnc43)[C@](O)(C1)C2O. The molecule has 0 radical (unpaired) electrons. The minimum atomic E-state index is -1.61. The number of aliphatic hydroxyl groups excluding tert-OH is 2. The molecule has 2 aromatic rings. The summed E-state index contributed by atoms with van der Waals surface area (Å²) < 4.78 is 7.45. The molecule has 1 unspecified atom stereocenters. The van der Waals surface area contributed by atoms with E-state index in [9.17, 15) is 15.3 Å². The average Bonchev–Trinajstić information content (AvgIpc) is 2.98. The first-order chi connectivity index (χ1) is 10.9. The molecule has 5 N–H and O–H groups in total. The number of hydrogen-bond donors (Lipinski definition) is 4. The summed E-state index contributed by atoms with van der Waals surface area (Å²) in [5.74, 6) is 0.219. The highest BCUT2D eigenvalue weighted by Gasteiger charge is 2.67. The van der Waals surface area contributed by atoms with Gasteiger partial charge in [0, 0.05) is 13.1 Å². The van der Waals surface area contributed by atoms with Crippen LogP contribution in [0.4, 0.5) is 5.82 Å². The summed E-state index contributed by atoms with van der Waals surface area (Å²) in [5, 5.41) is 31.4. The molecule has 0 spiro atoms. The fraction of sp³-hybridized carbons (Fsp3) is 0.615. The molecule has 23 heavy (non-hydrogen) atoms. The van der Waals surface area contributed by atoms with Crippen LogP contribution in [0.3, 0.4) is 0 Å². The lowest BCUT2D eigenvalue weighted by Gasteiger charge is -2.43. The summed E-state index contributed by atoms with van der Waals surface area (Å²) in [6.07, 6.45) is 0.550. The fourth-order valence-corrected chi connectivity index (χ4v) is 3.73. The number of hydrogen-bond acceptors (Lipinski definition) is 9. The van der Waals surface area contributed by atoms with E-state index < -0.39 is 30.1 Å². The third-order valence-electron chi connectivity index (χ3n) is 4.71. The predicted octanol–water partition coefficient (Wildman–Crippen LogP) is -2.29. The molecule has 2 aliphatic rings. The van der Waals surface area contributed by atoms with Gasteiger partial charge in [-0.05, 0) is 7.05 Å². The van der Waals surface area contributed by atoms with E-state index in [-0.39, 0.29) is 12.4 Å². The van der Waals surface area contributed by atoms with Crippen LogP contribution in [0.25, 0.3) is 11.2 Å². The Balaban J connectivity index is 1.87. The fourth-order valence-electron chi connectivity index (χ4n) is 3.73. The Kier molecular flexibility index (Phi) is 2.93. The second-order valence-corrected chi connectivity index (χ2v) is 6.34. The van der Waals surface area contributed by atoms with E-state index in [1.54, 1.807) is 7.05 Å². The van der Waals surface area contributed by atoms with Crippen LogP contribution in [-0.4, -0.2) is 83.8 Å². The van der Waals surface area contributed by atoms with Crippen LogP contribution in [0.1, 0.15) is 6.23 Å². The number of likely N-dealkylation sites (N-methyl/N-ethyl adjacent to an activating group) is 1. The van der Waals surface area contributed by atoms with Crippen molar-refractivity contribution in [2.75, 3.05) is 32.5 Å². The number of rotatable bonds is 2. The van der Waals surface area contributed by atoms with Crippen LogP contribution >= 0.6 is 0 Å². The maximum Gasteiger partial charge on any atom is 0.170 e. The molecule has 2 aromatic heterocycles. The number of aromatic nitrogens is 4. The second kappa shape index (κ2) is 4.58. The monoisotopic (exact) mass is 322 g/mol. The first kappa shape index (κ1) is 14.7. The van der Waals surface area contributed by atoms with Crippen molar-refractivity contribution in [3.05, 3.63) is 12.7 Å². The molecule has 0 amide bonds. The molecule has 0 saturated carbocycles. The Morgan fingerprint density at radius 2 is 2.17 bits per heavy atom. The highest BCUT2D eigenvalue weighted by atomic mass is 16.6. The lowest BCUT2D eigenvalue weighted by atomic mass is 9.82. The maximum absolute atomic E-state index is 11.1. The Morgan fingerprint density at radius 1 is 1.39 bits per heavy atom. The van der Waals surface area contributed by atoms with E-state index in [0.717, 1.165) is 0 Å². The van der Waals surface area contributed by atoms with E-state index in [4.69, 9.17) is 10.5 Å². The van der Waals surface area contributed by atoms with Crippen molar-refractivity contribution in [2.45, 2.75) is 23.5 Å². The minimum absolute atomic E-state index is 0.181. The number of piperidine rings is 1. The summed E-state index contributed by atoms with van der Waals surface area (Å²) >= 11 is 0. The number of anilines is 1. The number of β-amino-alcohol motifs (C(OH)–C–C–N with tert-alkyl or cyclic N) is 1. The molecular weight excluding hydrogens is 304 g/mol. The van der Waals surface area contributed by atoms with Gasteiger partial charge in [0.1, 0.15) is 23.5 Å². The largest absolute Gasteiger partial charge is 0.393 e. The number of aliphatic hydroxyl groups is 3. The lowest BCUT2D eigenvalue weighted by Crippen LogP contribution is -2.65. The van der Waals surface area contributed by atoms with Crippen molar-refractivity contribution in [1.29, 1.82) is 0 Å². The quantitative estimate of drug-likeness (QED) is 0.480. The highest BCUT2D eigenvalue weighted by Crippen LogP contribution is 2.48. The van der Waals surface area contributed by atoms with Gasteiger partial charge in [-0.2, -0.15) is 0 Å².